The van der Waals surface area contributed by atoms with E-state index in [4.69, 9.17) is 9.47 Å². The van der Waals surface area contributed by atoms with E-state index in [2.05, 4.69) is 29.7 Å². The topological polar surface area (TPSA) is 99.6 Å². The molecule has 1 spiro atoms. The van der Waals surface area contributed by atoms with E-state index in [1.807, 2.05) is 0 Å². The van der Waals surface area contributed by atoms with Gasteiger partial charge >= 0.3 is 145 Å². The minimum absolute atomic E-state index is 0.0104. The summed E-state index contributed by atoms with van der Waals surface area (Å²) in [7, 11) is 0. The average Bonchev–Trinajstić information content (AvgIpc) is 3.14. The predicted octanol–water partition coefficient (Wildman–Crippen LogP) is 1.05. The third-order valence-electron chi connectivity index (χ3n) is 5.74. The number of hydrogen-bond donors (Lipinski definition) is 3. The first-order valence-corrected chi connectivity index (χ1v) is 11.9. The molecule has 8 heteroatoms. The van der Waals surface area contributed by atoms with Gasteiger partial charge < -0.3 is 0 Å². The van der Waals surface area contributed by atoms with Gasteiger partial charge in [-0.2, -0.15) is 0 Å². The number of ether oxygens (including phenoxy) is 2. The maximum absolute atomic E-state index is 12.4. The van der Waals surface area contributed by atoms with Crippen LogP contribution in [0.15, 0.2) is 0 Å². The summed E-state index contributed by atoms with van der Waals surface area (Å²) in [6, 6.07) is 0. The predicted molar refractivity (Wildman–Crippen MR) is 90.6 cm³/mol. The Morgan fingerprint density at radius 1 is 1.43 bits per heavy atom. The zero-order chi connectivity index (χ0) is 14.4. The Kier molecular flexibility index (Phi) is 2.99. The second-order valence-electron chi connectivity index (χ2n) is 7.00. The van der Waals surface area contributed by atoms with Crippen LogP contribution in [0.4, 0.5) is 0 Å². The number of nitrogens with one attached hydrogen (secondary N) is 2. The van der Waals surface area contributed by atoms with Crippen LogP contribution in [0.2, 0.25) is 0 Å². The van der Waals surface area contributed by atoms with Crippen LogP contribution in [0.3, 0.4) is 0 Å². The number of esters is 1. The van der Waals surface area contributed by atoms with E-state index >= 15 is 0 Å². The van der Waals surface area contributed by atoms with E-state index in [0.29, 0.717) is 24.9 Å². The molecular weight excluding hydrogens is 502 g/mol. The summed E-state index contributed by atoms with van der Waals surface area (Å²) < 4.78 is 18.0. The van der Waals surface area contributed by atoms with E-state index in [9.17, 15) is 9.90 Å². The van der Waals surface area contributed by atoms with Crippen LogP contribution >= 0.6 is 43.0 Å². The van der Waals surface area contributed by atoms with Crippen molar-refractivity contribution >= 4 is 48.9 Å². The monoisotopic (exact) mass is 520 g/mol. The van der Waals surface area contributed by atoms with Gasteiger partial charge in [-0.05, 0) is 0 Å². The molecule has 6 nitrogen and oxygen atoms in total. The van der Waals surface area contributed by atoms with E-state index in [1.165, 1.54) is 0 Å². The van der Waals surface area contributed by atoms with Crippen molar-refractivity contribution in [2.24, 2.45) is 17.3 Å². The zero-order valence-corrected chi connectivity index (χ0v) is 15.7. The van der Waals surface area contributed by atoms with Crippen LogP contribution in [0.5, 0.6) is 0 Å². The van der Waals surface area contributed by atoms with E-state index in [-0.39, 0.29) is 25.1 Å². The van der Waals surface area contributed by atoms with Gasteiger partial charge in [0.2, 0.25) is 0 Å². The van der Waals surface area contributed by atoms with Crippen LogP contribution in [0.25, 0.3) is 0 Å². The first-order valence-electron chi connectivity index (χ1n) is 7.42. The van der Waals surface area contributed by atoms with Gasteiger partial charge in [-0.25, -0.2) is 0 Å². The molecule has 3 heterocycles. The van der Waals surface area contributed by atoms with Gasteiger partial charge in [0.1, 0.15) is 0 Å². The van der Waals surface area contributed by atoms with Gasteiger partial charge in [-0.15, -0.1) is 0 Å². The van der Waals surface area contributed by atoms with E-state index in [1.54, 1.807) is 0 Å². The number of alkyl halides is 2. The van der Waals surface area contributed by atoms with Crippen molar-refractivity contribution in [3.8, 4) is 0 Å². The van der Waals surface area contributed by atoms with Crippen molar-refractivity contribution in [1.82, 2.24) is 7.06 Å². The Morgan fingerprint density at radius 2 is 2.19 bits per heavy atom. The fraction of sp³-hybridized carbons (Fsp3) is 0.923. The molecule has 6 unspecified atom stereocenters. The van der Waals surface area contributed by atoms with E-state index < -0.39 is 26.7 Å². The number of carbonyl (C=O) groups is 1. The molecule has 0 aromatic heterocycles. The Labute approximate surface area is 144 Å². The van der Waals surface area contributed by atoms with Crippen molar-refractivity contribution in [2.45, 2.75) is 45.7 Å². The molecule has 2 bridgehead atoms. The molecule has 21 heavy (non-hydrogen) atoms. The molecule has 3 aliphatic heterocycles. The Balaban J connectivity index is 1.29. The number of rotatable bonds is 3. The summed E-state index contributed by atoms with van der Waals surface area (Å²) in [5.74, 6) is 0.938. The molecule has 0 aromatic carbocycles. The third-order valence-corrected chi connectivity index (χ3v) is 12.9. The Hall–Kier alpha value is 0.770. The van der Waals surface area contributed by atoms with Gasteiger partial charge in [0.05, 0.1) is 0 Å². The second kappa shape index (κ2) is 4.44. The summed E-state index contributed by atoms with van der Waals surface area (Å²) in [6.07, 6.45) is 3.35. The number of hydrogen-bond acceptors (Lipinski definition) is 6. The van der Waals surface area contributed by atoms with Crippen molar-refractivity contribution < 1.29 is 19.4 Å². The van der Waals surface area contributed by atoms with Gasteiger partial charge in [0, 0.05) is 0 Å². The summed E-state index contributed by atoms with van der Waals surface area (Å²) in [4.78, 5) is 12.4. The summed E-state index contributed by atoms with van der Waals surface area (Å²) in [5, 5.41) is 9.72. The van der Waals surface area contributed by atoms with Gasteiger partial charge in [-0.3, -0.25) is 0 Å². The first-order chi connectivity index (χ1) is 10.0. The molecule has 118 valence electrons. The van der Waals surface area contributed by atoms with Gasteiger partial charge in [-0.1, -0.05) is 0 Å². The standard InChI is InChI=1S/C13H18I2N2O4/c14-10(13-15(16-13)17-13)11(19)21-8-2-6-1-7(8)12(3-6)4-9(18)20-5-12/h6-10,16-18H,1-5H2. The van der Waals surface area contributed by atoms with Crippen LogP contribution in [-0.2, 0) is 14.3 Å². The Morgan fingerprint density at radius 3 is 2.76 bits per heavy atom. The van der Waals surface area contributed by atoms with Crippen LogP contribution in [0, 0.1) is 17.3 Å². The SMILES string of the molecule is O=C(OC1CC2CC1C1(COC(O)C1)C2)C(I)C12NI1N2. The van der Waals surface area contributed by atoms with Gasteiger partial charge in [0.25, 0.3) is 0 Å². The van der Waals surface area contributed by atoms with Crippen LogP contribution in [0.1, 0.15) is 25.7 Å². The normalized spacial score (nSPS) is 51.0. The second-order valence-corrected chi connectivity index (χ2v) is 12.6. The third kappa shape index (κ3) is 1.98. The van der Waals surface area contributed by atoms with Crippen molar-refractivity contribution in [2.75, 3.05) is 6.61 Å². The van der Waals surface area contributed by atoms with E-state index in [0.717, 1.165) is 19.3 Å². The Bertz CT molecular complexity index is 510. The molecule has 0 aromatic rings. The molecule has 5 fully saturated rings. The molecule has 3 N–H and O–H groups in total. The van der Waals surface area contributed by atoms with Crippen molar-refractivity contribution in [1.29, 1.82) is 0 Å². The molecule has 2 aliphatic carbocycles. The molecule has 0 radical (unpaired) electrons. The van der Waals surface area contributed by atoms with Crippen molar-refractivity contribution in [3.63, 3.8) is 0 Å². The number of carbonyl (C=O) groups excluding carboxylic acids is 1. The minimum atomic E-state index is -1.09. The molecule has 2 saturated carbocycles. The average molecular weight is 520 g/mol. The molecule has 5 aliphatic rings. The van der Waals surface area contributed by atoms with Crippen LogP contribution in [-0.4, -0.2) is 37.7 Å². The number of fused-ring (bicyclic) bond motifs is 4. The molecule has 6 atom stereocenters. The fourth-order valence-corrected chi connectivity index (χ4v) is 12.1. The maximum atomic E-state index is 12.4. The fourth-order valence-electron chi connectivity index (χ4n) is 4.70. The number of aliphatic hydroxyl groups excluding tert-OH is 1. The zero-order valence-electron chi connectivity index (χ0n) is 11.4. The molecular formula is C13H18I2N2O4. The molecule has 0 amide bonds. The van der Waals surface area contributed by atoms with Gasteiger partial charge in [0.15, 0.2) is 0 Å². The summed E-state index contributed by atoms with van der Waals surface area (Å²) >= 11 is 1.12. The quantitative estimate of drug-likeness (QED) is 0.129. The molecule has 5 rings (SSSR count). The van der Waals surface area contributed by atoms with Crippen molar-refractivity contribution in [3.05, 3.63) is 0 Å². The van der Waals surface area contributed by atoms with Crippen LogP contribution < -0.4 is 7.06 Å². The first kappa shape index (κ1) is 14.1. The summed E-state index contributed by atoms with van der Waals surface area (Å²) in [6.45, 7) is 0.625. The number of aliphatic hydroxyl groups is 1. The summed E-state index contributed by atoms with van der Waals surface area (Å²) in [5.41, 5.74) is 0.0560. The number of halogens is 2. The molecule has 3 saturated heterocycles.